The second kappa shape index (κ2) is 6.01. The number of oxazole rings is 1. The van der Waals surface area contributed by atoms with Crippen molar-refractivity contribution in [1.82, 2.24) is 4.98 Å². The molecule has 0 aliphatic heterocycles. The molecule has 1 heterocycles. The summed E-state index contributed by atoms with van der Waals surface area (Å²) in [7, 11) is 0. The van der Waals surface area contributed by atoms with Crippen molar-refractivity contribution in [2.75, 3.05) is 6.61 Å². The van der Waals surface area contributed by atoms with Gasteiger partial charge in [0.2, 0.25) is 0 Å². The van der Waals surface area contributed by atoms with E-state index >= 15 is 0 Å². The van der Waals surface area contributed by atoms with Gasteiger partial charge in [-0.3, -0.25) is 0 Å². The summed E-state index contributed by atoms with van der Waals surface area (Å²) in [6.45, 7) is -0.209. The summed E-state index contributed by atoms with van der Waals surface area (Å²) in [5, 5.41) is 9.36. The molecular weight excluding hydrogens is 286 g/mol. The van der Waals surface area contributed by atoms with Gasteiger partial charge in [-0.25, -0.2) is 4.98 Å². The fourth-order valence-electron chi connectivity index (χ4n) is 2.12. The van der Waals surface area contributed by atoms with Crippen LogP contribution < -0.4 is 0 Å². The highest BCUT2D eigenvalue weighted by atomic mass is 35.5. The molecule has 0 saturated carbocycles. The average Bonchev–Trinajstić information content (AvgIpc) is 2.88. The number of hydrogen-bond donors (Lipinski definition) is 1. The SMILES string of the molecule is OCC#Cc1cc(Cl)cc2nc(Cc3ccccc3)oc12. The molecule has 104 valence electrons. The molecule has 21 heavy (non-hydrogen) atoms. The van der Waals surface area contributed by atoms with Gasteiger partial charge in [-0.15, -0.1) is 0 Å². The van der Waals surface area contributed by atoms with Gasteiger partial charge >= 0.3 is 0 Å². The van der Waals surface area contributed by atoms with Crippen LogP contribution in [-0.4, -0.2) is 16.7 Å². The molecule has 0 fully saturated rings. The number of rotatable bonds is 2. The van der Waals surface area contributed by atoms with Crippen LogP contribution in [0.2, 0.25) is 5.02 Å². The fourth-order valence-corrected chi connectivity index (χ4v) is 2.33. The maximum atomic E-state index is 8.82. The van der Waals surface area contributed by atoms with Gasteiger partial charge in [-0.2, -0.15) is 0 Å². The summed E-state index contributed by atoms with van der Waals surface area (Å²) in [6, 6.07) is 13.4. The molecule has 3 nitrogen and oxygen atoms in total. The van der Waals surface area contributed by atoms with Gasteiger partial charge in [0, 0.05) is 11.4 Å². The lowest BCUT2D eigenvalue weighted by atomic mass is 10.1. The zero-order chi connectivity index (χ0) is 14.7. The minimum absolute atomic E-state index is 0.209. The Bertz CT molecular complexity index is 828. The van der Waals surface area contributed by atoms with Crippen molar-refractivity contribution < 1.29 is 9.52 Å². The third-order valence-corrected chi connectivity index (χ3v) is 3.22. The highest BCUT2D eigenvalue weighted by Gasteiger charge is 2.11. The Hall–Kier alpha value is -2.28. The Kier molecular flexibility index (Phi) is 3.92. The molecule has 0 aliphatic carbocycles. The summed E-state index contributed by atoms with van der Waals surface area (Å²) in [5.41, 5.74) is 3.04. The zero-order valence-electron chi connectivity index (χ0n) is 11.1. The lowest BCUT2D eigenvalue weighted by molar-refractivity contribution is 0.350. The number of benzene rings is 2. The van der Waals surface area contributed by atoms with Crippen LogP contribution >= 0.6 is 11.6 Å². The lowest BCUT2D eigenvalue weighted by Gasteiger charge is -1.95. The average molecular weight is 298 g/mol. The van der Waals surface area contributed by atoms with Crippen LogP contribution in [0.4, 0.5) is 0 Å². The van der Waals surface area contributed by atoms with Gasteiger partial charge in [0.05, 0.1) is 5.56 Å². The highest BCUT2D eigenvalue weighted by molar-refractivity contribution is 6.31. The molecule has 0 amide bonds. The van der Waals surface area contributed by atoms with Gasteiger partial charge in [-0.1, -0.05) is 53.8 Å². The Morgan fingerprint density at radius 1 is 1.19 bits per heavy atom. The monoisotopic (exact) mass is 297 g/mol. The van der Waals surface area contributed by atoms with E-state index in [0.717, 1.165) is 5.56 Å². The van der Waals surface area contributed by atoms with E-state index in [1.54, 1.807) is 12.1 Å². The van der Waals surface area contributed by atoms with Gasteiger partial charge in [0.25, 0.3) is 0 Å². The molecule has 0 atom stereocenters. The van der Waals surface area contributed by atoms with Crippen molar-refractivity contribution in [1.29, 1.82) is 0 Å². The molecule has 3 rings (SSSR count). The molecule has 4 heteroatoms. The summed E-state index contributed by atoms with van der Waals surface area (Å²) < 4.78 is 5.80. The second-order valence-electron chi connectivity index (χ2n) is 4.53. The fraction of sp³-hybridized carbons (Fsp3) is 0.118. The van der Waals surface area contributed by atoms with Crippen LogP contribution in [0.5, 0.6) is 0 Å². The summed E-state index contributed by atoms with van der Waals surface area (Å²) >= 11 is 6.06. The van der Waals surface area contributed by atoms with Crippen molar-refractivity contribution >= 4 is 22.7 Å². The van der Waals surface area contributed by atoms with E-state index in [1.807, 2.05) is 30.3 Å². The Morgan fingerprint density at radius 2 is 2.00 bits per heavy atom. The third-order valence-electron chi connectivity index (χ3n) is 3.00. The number of fused-ring (bicyclic) bond motifs is 1. The van der Waals surface area contributed by atoms with Crippen LogP contribution in [0.3, 0.4) is 0 Å². The van der Waals surface area contributed by atoms with Crippen LogP contribution in [-0.2, 0) is 6.42 Å². The van der Waals surface area contributed by atoms with Crippen LogP contribution in [0.15, 0.2) is 46.9 Å². The predicted molar refractivity (Wildman–Crippen MR) is 82.2 cm³/mol. The first kappa shape index (κ1) is 13.7. The summed E-state index contributed by atoms with van der Waals surface area (Å²) in [4.78, 5) is 4.46. The first-order valence-corrected chi connectivity index (χ1v) is 6.86. The van der Waals surface area contributed by atoms with Crippen LogP contribution in [0.1, 0.15) is 17.0 Å². The Balaban J connectivity index is 2.03. The first-order valence-electron chi connectivity index (χ1n) is 6.49. The second-order valence-corrected chi connectivity index (χ2v) is 4.97. The molecule has 1 aromatic heterocycles. The van der Waals surface area contributed by atoms with Crippen molar-refractivity contribution in [2.24, 2.45) is 0 Å². The first-order chi connectivity index (χ1) is 10.3. The smallest absolute Gasteiger partial charge is 0.199 e. The summed E-state index contributed by atoms with van der Waals surface area (Å²) in [5.74, 6) is 6.06. The van der Waals surface area contributed by atoms with Crippen molar-refractivity contribution in [3.8, 4) is 11.8 Å². The topological polar surface area (TPSA) is 46.3 Å². The Labute approximate surface area is 127 Å². The normalized spacial score (nSPS) is 10.4. The molecule has 3 aromatic rings. The zero-order valence-corrected chi connectivity index (χ0v) is 11.9. The molecule has 0 bridgehead atoms. The van der Waals surface area contributed by atoms with Gasteiger partial charge < -0.3 is 9.52 Å². The molecule has 0 saturated heterocycles. The molecule has 0 aliphatic rings. The molecule has 0 unspecified atom stereocenters. The quantitative estimate of drug-likeness (QED) is 0.737. The number of aliphatic hydroxyl groups is 1. The third kappa shape index (κ3) is 3.08. The number of halogens is 1. The molecule has 0 spiro atoms. The van der Waals surface area contributed by atoms with E-state index in [9.17, 15) is 0 Å². The molecule has 2 aromatic carbocycles. The van der Waals surface area contributed by atoms with Gasteiger partial charge in [-0.05, 0) is 17.7 Å². The van der Waals surface area contributed by atoms with Gasteiger partial charge in [0.15, 0.2) is 11.5 Å². The van der Waals surface area contributed by atoms with Crippen LogP contribution in [0, 0.1) is 11.8 Å². The van der Waals surface area contributed by atoms with E-state index in [4.69, 9.17) is 21.1 Å². The van der Waals surface area contributed by atoms with Crippen molar-refractivity contribution in [3.63, 3.8) is 0 Å². The van der Waals surface area contributed by atoms with E-state index in [0.29, 0.717) is 34.0 Å². The van der Waals surface area contributed by atoms with E-state index in [-0.39, 0.29) is 6.61 Å². The van der Waals surface area contributed by atoms with Crippen molar-refractivity contribution in [2.45, 2.75) is 6.42 Å². The van der Waals surface area contributed by atoms with E-state index in [1.165, 1.54) is 0 Å². The molecule has 1 N–H and O–H groups in total. The number of aromatic nitrogens is 1. The maximum Gasteiger partial charge on any atom is 0.199 e. The number of hydrogen-bond acceptors (Lipinski definition) is 3. The van der Waals surface area contributed by atoms with E-state index < -0.39 is 0 Å². The van der Waals surface area contributed by atoms with Crippen LogP contribution in [0.25, 0.3) is 11.1 Å². The van der Waals surface area contributed by atoms with Crippen molar-refractivity contribution in [3.05, 3.63) is 64.5 Å². The lowest BCUT2D eigenvalue weighted by Crippen LogP contribution is -1.86. The Morgan fingerprint density at radius 3 is 2.76 bits per heavy atom. The maximum absolute atomic E-state index is 8.82. The largest absolute Gasteiger partial charge is 0.439 e. The minimum Gasteiger partial charge on any atom is -0.439 e. The molecular formula is C17H12ClNO2. The molecule has 0 radical (unpaired) electrons. The highest BCUT2D eigenvalue weighted by Crippen LogP contribution is 2.25. The van der Waals surface area contributed by atoms with E-state index in [2.05, 4.69) is 16.8 Å². The number of aliphatic hydroxyl groups excluding tert-OH is 1. The van der Waals surface area contributed by atoms with Gasteiger partial charge in [0.1, 0.15) is 12.1 Å². The standard InChI is InChI=1S/C17H12ClNO2/c18-14-10-13(7-4-8-20)17-15(11-14)19-16(21-17)9-12-5-2-1-3-6-12/h1-3,5-6,10-11,20H,8-9H2. The predicted octanol–water partition coefficient (Wildman–Crippen LogP) is 3.42. The number of nitrogens with zero attached hydrogens (tertiary/aromatic N) is 1. The summed E-state index contributed by atoms with van der Waals surface area (Å²) in [6.07, 6.45) is 0.611. The minimum atomic E-state index is -0.209.